The Morgan fingerprint density at radius 2 is 1.93 bits per heavy atom. The number of hydrogen-bond donors (Lipinski definition) is 2. The van der Waals surface area contributed by atoms with Crippen LogP contribution in [0.4, 0.5) is 0 Å². The molecule has 0 spiro atoms. The van der Waals surface area contributed by atoms with E-state index < -0.39 is 22.2 Å². The second-order valence-electron chi connectivity index (χ2n) is 4.41. The summed E-state index contributed by atoms with van der Waals surface area (Å²) >= 11 is 0. The first-order valence-electron chi connectivity index (χ1n) is 4.64. The Kier molecular flexibility index (Phi) is 2.59. The molecule has 0 aromatic carbocycles. The summed E-state index contributed by atoms with van der Waals surface area (Å²) in [6.07, 6.45) is 1.15. The second kappa shape index (κ2) is 3.23. The smallest absolute Gasteiger partial charge is 0.315 e. The molecule has 0 radical (unpaired) electrons. The van der Waals surface area contributed by atoms with Gasteiger partial charge in [-0.1, -0.05) is 0 Å². The maximum Gasteiger partial charge on any atom is 0.342 e. The predicted octanol–water partition coefficient (Wildman–Crippen LogP) is -0.607. The molecule has 0 saturated carbocycles. The summed E-state index contributed by atoms with van der Waals surface area (Å²) in [4.78, 5) is 23.2. The van der Waals surface area contributed by atoms with Crippen LogP contribution in [0.15, 0.2) is 11.6 Å². The molecule has 1 heterocycles. The highest BCUT2D eigenvalue weighted by Crippen LogP contribution is 2.31. The minimum absolute atomic E-state index is 0.282. The van der Waals surface area contributed by atoms with Crippen molar-refractivity contribution >= 4 is 11.7 Å². The normalized spacial score (nSPS) is 28.5. The average Bonchev–Trinajstić information content (AvgIpc) is 1.99. The van der Waals surface area contributed by atoms with Crippen LogP contribution in [0.1, 0.15) is 13.8 Å². The van der Waals surface area contributed by atoms with Crippen LogP contribution < -0.4 is 0 Å². The molecule has 2 N–H and O–H groups in total. The van der Waals surface area contributed by atoms with Gasteiger partial charge in [0.05, 0.1) is 14.1 Å². The zero-order valence-corrected chi connectivity index (χ0v) is 9.31. The molecule has 0 aromatic heterocycles. The first-order chi connectivity index (χ1) is 6.61. The first-order valence-corrected chi connectivity index (χ1v) is 4.64. The van der Waals surface area contributed by atoms with Gasteiger partial charge in [0.2, 0.25) is 0 Å². The highest BCUT2D eigenvalue weighted by atomic mass is 16.5. The lowest BCUT2D eigenvalue weighted by molar-refractivity contribution is -0.922. The van der Waals surface area contributed by atoms with Crippen molar-refractivity contribution in [3.63, 3.8) is 0 Å². The lowest BCUT2D eigenvalue weighted by Gasteiger charge is -2.41. The van der Waals surface area contributed by atoms with Crippen LogP contribution in [0.3, 0.4) is 0 Å². The van der Waals surface area contributed by atoms with Crippen molar-refractivity contribution in [2.45, 2.75) is 19.8 Å². The fourth-order valence-corrected chi connectivity index (χ4v) is 1.72. The summed E-state index contributed by atoms with van der Waals surface area (Å²) in [6.45, 7) is 2.87. The quantitative estimate of drug-likeness (QED) is 0.264. The SMILES string of the molecule is CC(=O)C1C(=O)[N+](C)(C)C(O)(O)C=C1C. The molecule has 1 aliphatic rings. The summed E-state index contributed by atoms with van der Waals surface area (Å²) in [5.74, 6) is -3.90. The predicted molar refractivity (Wildman–Crippen MR) is 52.2 cm³/mol. The van der Waals surface area contributed by atoms with Gasteiger partial charge in [-0.15, -0.1) is 0 Å². The van der Waals surface area contributed by atoms with Crippen molar-refractivity contribution in [3.8, 4) is 0 Å². The second-order valence-corrected chi connectivity index (χ2v) is 4.41. The van der Waals surface area contributed by atoms with Crippen molar-refractivity contribution in [2.24, 2.45) is 5.92 Å². The van der Waals surface area contributed by atoms with Gasteiger partial charge >= 0.3 is 11.8 Å². The molecule has 15 heavy (non-hydrogen) atoms. The van der Waals surface area contributed by atoms with Crippen molar-refractivity contribution < 1.29 is 24.3 Å². The Bertz CT molecular complexity index is 354. The van der Waals surface area contributed by atoms with E-state index in [1.165, 1.54) is 21.0 Å². The highest BCUT2D eigenvalue weighted by Gasteiger charge is 2.54. The molecule has 5 nitrogen and oxygen atoms in total. The fraction of sp³-hybridized carbons (Fsp3) is 0.600. The number of aliphatic hydroxyl groups is 2. The lowest BCUT2D eigenvalue weighted by Crippen LogP contribution is -2.66. The van der Waals surface area contributed by atoms with E-state index in [1.54, 1.807) is 6.92 Å². The number of Topliss-reactive ketones (excluding diaryl/α,β-unsaturated/α-hetero) is 1. The van der Waals surface area contributed by atoms with Crippen LogP contribution in [-0.4, -0.2) is 46.4 Å². The number of likely N-dealkylation sites (N-methyl/N-ethyl adjacent to an activating group) is 1. The minimum atomic E-state index is -2.24. The van der Waals surface area contributed by atoms with Gasteiger partial charge in [-0.3, -0.25) is 4.79 Å². The monoisotopic (exact) mass is 214 g/mol. The zero-order valence-electron chi connectivity index (χ0n) is 9.31. The van der Waals surface area contributed by atoms with Crippen LogP contribution in [0.5, 0.6) is 0 Å². The molecule has 1 unspecified atom stereocenters. The summed E-state index contributed by atoms with van der Waals surface area (Å²) < 4.78 is -0.658. The summed E-state index contributed by atoms with van der Waals surface area (Å²) in [7, 11) is 2.72. The summed E-state index contributed by atoms with van der Waals surface area (Å²) in [5, 5.41) is 19.3. The molecule has 1 rings (SSSR count). The third-order valence-corrected chi connectivity index (χ3v) is 2.90. The van der Waals surface area contributed by atoms with Crippen molar-refractivity contribution in [3.05, 3.63) is 11.6 Å². The molecule has 84 valence electrons. The van der Waals surface area contributed by atoms with Gasteiger partial charge in [-0.25, -0.2) is 9.28 Å². The van der Waals surface area contributed by atoms with Gasteiger partial charge in [-0.2, -0.15) is 0 Å². The Labute approximate surface area is 88.2 Å². The number of ketones is 1. The Hall–Kier alpha value is -1.04. The van der Waals surface area contributed by atoms with E-state index in [2.05, 4.69) is 0 Å². The molecule has 1 amide bonds. The van der Waals surface area contributed by atoms with Gasteiger partial charge in [-0.05, 0) is 19.4 Å². The van der Waals surface area contributed by atoms with E-state index in [1.807, 2.05) is 0 Å². The topological polar surface area (TPSA) is 74.6 Å². The van der Waals surface area contributed by atoms with Gasteiger partial charge in [0.25, 0.3) is 0 Å². The van der Waals surface area contributed by atoms with Gasteiger partial charge in [0.1, 0.15) is 0 Å². The van der Waals surface area contributed by atoms with Gasteiger partial charge in [0.15, 0.2) is 11.7 Å². The van der Waals surface area contributed by atoms with E-state index in [0.29, 0.717) is 5.57 Å². The number of hydrogen-bond acceptors (Lipinski definition) is 4. The molecule has 0 aromatic rings. The maximum atomic E-state index is 11.9. The molecule has 1 aliphatic heterocycles. The number of amides is 1. The van der Waals surface area contributed by atoms with Crippen LogP contribution >= 0.6 is 0 Å². The summed E-state index contributed by atoms with van der Waals surface area (Å²) in [6, 6.07) is 0. The fourth-order valence-electron chi connectivity index (χ4n) is 1.72. The minimum Gasteiger partial charge on any atom is -0.315 e. The number of quaternary nitrogens is 1. The van der Waals surface area contributed by atoms with Crippen LogP contribution in [0, 0.1) is 5.92 Å². The van der Waals surface area contributed by atoms with E-state index in [4.69, 9.17) is 0 Å². The van der Waals surface area contributed by atoms with Gasteiger partial charge in [0, 0.05) is 6.08 Å². The van der Waals surface area contributed by atoms with Crippen molar-refractivity contribution in [2.75, 3.05) is 14.1 Å². The first kappa shape index (κ1) is 12.0. The van der Waals surface area contributed by atoms with E-state index >= 15 is 0 Å². The zero-order chi connectivity index (χ0) is 12.0. The maximum absolute atomic E-state index is 11.9. The molecule has 0 aliphatic carbocycles. The molecular formula is C10H16NO4+. The standard InChI is InChI=1S/C10H16NO4/c1-6-5-10(14,15)11(3,4)9(13)8(6)7(2)12/h5,8,14-15H,1-4H3/q+1. The molecule has 0 bridgehead atoms. The van der Waals surface area contributed by atoms with E-state index in [0.717, 1.165) is 6.08 Å². The lowest BCUT2D eigenvalue weighted by atomic mass is 9.89. The number of rotatable bonds is 1. The number of carbonyl (C=O) groups is 2. The van der Waals surface area contributed by atoms with Crippen LogP contribution in [-0.2, 0) is 9.59 Å². The van der Waals surface area contributed by atoms with Gasteiger partial charge < -0.3 is 10.2 Å². The number of carbonyl (C=O) groups excluding carboxylic acids is 2. The van der Waals surface area contributed by atoms with Crippen LogP contribution in [0.25, 0.3) is 0 Å². The van der Waals surface area contributed by atoms with Crippen LogP contribution in [0.2, 0.25) is 0 Å². The Morgan fingerprint density at radius 3 is 2.33 bits per heavy atom. The van der Waals surface area contributed by atoms with Crippen molar-refractivity contribution in [1.82, 2.24) is 0 Å². The third kappa shape index (κ3) is 1.62. The molecule has 1 atom stereocenters. The third-order valence-electron chi connectivity index (χ3n) is 2.90. The van der Waals surface area contributed by atoms with Crippen molar-refractivity contribution in [1.29, 1.82) is 0 Å². The number of nitrogens with zero attached hydrogens (tertiary/aromatic N) is 1. The molecule has 0 saturated heterocycles. The highest BCUT2D eigenvalue weighted by molar-refractivity contribution is 6.01. The Morgan fingerprint density at radius 1 is 1.47 bits per heavy atom. The molecular weight excluding hydrogens is 198 g/mol. The molecule has 5 heteroatoms. The van der Waals surface area contributed by atoms with E-state index in [9.17, 15) is 19.8 Å². The molecule has 0 fully saturated rings. The average molecular weight is 214 g/mol. The largest absolute Gasteiger partial charge is 0.342 e. The Balaban J connectivity index is 3.33. The van der Waals surface area contributed by atoms with E-state index in [-0.39, 0.29) is 5.78 Å². The summed E-state index contributed by atoms with van der Waals surface area (Å²) in [5.41, 5.74) is 0.384.